The van der Waals surface area contributed by atoms with Gasteiger partial charge in [0, 0.05) is 35.9 Å². The summed E-state index contributed by atoms with van der Waals surface area (Å²) in [7, 11) is 1.93. The lowest BCUT2D eigenvalue weighted by Gasteiger charge is -1.99. The number of para-hydroxylation sites is 1. The number of anilines is 1. The van der Waals surface area contributed by atoms with E-state index in [0.717, 1.165) is 16.6 Å². The Morgan fingerprint density at radius 1 is 1.37 bits per heavy atom. The first-order chi connectivity index (χ1) is 9.15. The van der Waals surface area contributed by atoms with Crippen LogP contribution in [0.1, 0.15) is 16.1 Å². The van der Waals surface area contributed by atoms with E-state index in [4.69, 9.17) is 0 Å². The van der Waals surface area contributed by atoms with E-state index in [9.17, 15) is 4.79 Å². The van der Waals surface area contributed by atoms with Crippen molar-refractivity contribution in [1.29, 1.82) is 0 Å². The summed E-state index contributed by atoms with van der Waals surface area (Å²) >= 11 is 0. The van der Waals surface area contributed by atoms with Crippen LogP contribution in [0.4, 0.5) is 5.82 Å². The smallest absolute Gasteiger partial charge is 0.259 e. The van der Waals surface area contributed by atoms with E-state index in [2.05, 4.69) is 15.5 Å². The van der Waals surface area contributed by atoms with Gasteiger partial charge < -0.3 is 9.88 Å². The molecule has 19 heavy (non-hydrogen) atoms. The van der Waals surface area contributed by atoms with Gasteiger partial charge in [0.1, 0.15) is 0 Å². The Morgan fingerprint density at radius 3 is 2.89 bits per heavy atom. The molecule has 0 fully saturated rings. The standard InChI is InChI=1S/C14H14N4O/c1-9-7-13(17-16-9)15-14(19)11-8-18(2)12-6-4-3-5-10(11)12/h3-8H,1-2H3,(H2,15,16,17,19). The fourth-order valence-corrected chi connectivity index (χ4v) is 2.19. The van der Waals surface area contributed by atoms with Gasteiger partial charge in [-0.15, -0.1) is 0 Å². The minimum atomic E-state index is -0.150. The van der Waals surface area contributed by atoms with Gasteiger partial charge in [-0.2, -0.15) is 5.10 Å². The van der Waals surface area contributed by atoms with Crippen molar-refractivity contribution >= 4 is 22.6 Å². The summed E-state index contributed by atoms with van der Waals surface area (Å²) in [6.45, 7) is 1.89. The molecule has 5 nitrogen and oxygen atoms in total. The molecule has 0 saturated carbocycles. The highest BCUT2D eigenvalue weighted by molar-refractivity contribution is 6.12. The van der Waals surface area contributed by atoms with Gasteiger partial charge in [0.15, 0.2) is 5.82 Å². The lowest BCUT2D eigenvalue weighted by atomic mass is 10.1. The van der Waals surface area contributed by atoms with Gasteiger partial charge in [0.2, 0.25) is 0 Å². The van der Waals surface area contributed by atoms with Crippen LogP contribution in [0.3, 0.4) is 0 Å². The van der Waals surface area contributed by atoms with Crippen LogP contribution in [0.2, 0.25) is 0 Å². The molecule has 3 aromatic rings. The second-order valence-electron chi connectivity index (χ2n) is 4.56. The number of aromatic amines is 1. The van der Waals surface area contributed by atoms with Gasteiger partial charge in [0.05, 0.1) is 5.56 Å². The molecule has 2 N–H and O–H groups in total. The number of amides is 1. The van der Waals surface area contributed by atoms with Gasteiger partial charge in [-0.25, -0.2) is 0 Å². The first-order valence-corrected chi connectivity index (χ1v) is 6.02. The second kappa shape index (κ2) is 4.28. The molecule has 0 atom stereocenters. The van der Waals surface area contributed by atoms with Gasteiger partial charge in [-0.05, 0) is 13.0 Å². The largest absolute Gasteiger partial charge is 0.350 e. The topological polar surface area (TPSA) is 62.7 Å². The predicted octanol–water partition coefficient (Wildman–Crippen LogP) is 2.46. The molecule has 0 aliphatic rings. The normalized spacial score (nSPS) is 10.8. The van der Waals surface area contributed by atoms with Crippen molar-refractivity contribution < 1.29 is 4.79 Å². The van der Waals surface area contributed by atoms with Crippen LogP contribution in [0.5, 0.6) is 0 Å². The van der Waals surface area contributed by atoms with E-state index in [-0.39, 0.29) is 5.91 Å². The number of rotatable bonds is 2. The Morgan fingerprint density at radius 2 is 2.16 bits per heavy atom. The highest BCUT2D eigenvalue weighted by atomic mass is 16.1. The van der Waals surface area contributed by atoms with E-state index in [0.29, 0.717) is 11.4 Å². The van der Waals surface area contributed by atoms with Crippen molar-refractivity contribution in [2.75, 3.05) is 5.32 Å². The lowest BCUT2D eigenvalue weighted by molar-refractivity contribution is 0.102. The quantitative estimate of drug-likeness (QED) is 0.738. The number of aryl methyl sites for hydroxylation is 2. The molecule has 0 saturated heterocycles. The van der Waals surface area contributed by atoms with Gasteiger partial charge >= 0.3 is 0 Å². The molecule has 1 aromatic carbocycles. The SMILES string of the molecule is Cc1cc(NC(=O)c2cn(C)c3ccccc23)n[nH]1. The molecule has 0 spiro atoms. The maximum absolute atomic E-state index is 12.3. The summed E-state index contributed by atoms with van der Waals surface area (Å²) in [6, 6.07) is 9.62. The Bertz CT molecular complexity index is 754. The minimum Gasteiger partial charge on any atom is -0.350 e. The first-order valence-electron chi connectivity index (χ1n) is 6.02. The minimum absolute atomic E-state index is 0.150. The third kappa shape index (κ3) is 1.99. The predicted molar refractivity (Wildman–Crippen MR) is 74.2 cm³/mol. The second-order valence-corrected chi connectivity index (χ2v) is 4.56. The van der Waals surface area contributed by atoms with Crippen molar-refractivity contribution in [1.82, 2.24) is 14.8 Å². The molecule has 3 rings (SSSR count). The van der Waals surface area contributed by atoms with Crippen LogP contribution in [0.25, 0.3) is 10.9 Å². The highest BCUT2D eigenvalue weighted by Gasteiger charge is 2.14. The Labute approximate surface area is 110 Å². The molecule has 5 heteroatoms. The molecular formula is C14H14N4O. The number of carbonyl (C=O) groups is 1. The molecule has 96 valence electrons. The summed E-state index contributed by atoms with van der Waals surface area (Å²) in [5, 5.41) is 10.5. The zero-order valence-corrected chi connectivity index (χ0v) is 10.8. The fraction of sp³-hybridized carbons (Fsp3) is 0.143. The van der Waals surface area contributed by atoms with Gasteiger partial charge in [-0.3, -0.25) is 9.89 Å². The number of H-pyrrole nitrogens is 1. The summed E-state index contributed by atoms with van der Waals surface area (Å²) in [4.78, 5) is 12.3. The van der Waals surface area contributed by atoms with Gasteiger partial charge in [-0.1, -0.05) is 18.2 Å². The molecule has 2 aromatic heterocycles. The summed E-state index contributed by atoms with van der Waals surface area (Å²) in [6.07, 6.45) is 1.83. The Balaban J connectivity index is 1.98. The van der Waals surface area contributed by atoms with Crippen molar-refractivity contribution in [2.45, 2.75) is 6.92 Å². The van der Waals surface area contributed by atoms with Crippen molar-refractivity contribution in [3.8, 4) is 0 Å². The van der Waals surface area contributed by atoms with E-state index in [1.165, 1.54) is 0 Å². The molecule has 0 radical (unpaired) electrons. The molecule has 0 unspecified atom stereocenters. The van der Waals surface area contributed by atoms with Crippen LogP contribution in [0, 0.1) is 6.92 Å². The zero-order valence-electron chi connectivity index (χ0n) is 10.8. The monoisotopic (exact) mass is 254 g/mol. The van der Waals surface area contributed by atoms with Crippen LogP contribution < -0.4 is 5.32 Å². The first kappa shape index (κ1) is 11.5. The molecule has 0 bridgehead atoms. The maximum atomic E-state index is 12.3. The Kier molecular flexibility index (Phi) is 2.59. The van der Waals surface area contributed by atoms with Crippen LogP contribution in [0.15, 0.2) is 36.5 Å². The Hall–Kier alpha value is -2.56. The molecule has 1 amide bonds. The van der Waals surface area contributed by atoms with Gasteiger partial charge in [0.25, 0.3) is 5.91 Å². The summed E-state index contributed by atoms with van der Waals surface area (Å²) in [5.74, 6) is 0.388. The molecule has 0 aliphatic carbocycles. The van der Waals surface area contributed by atoms with E-state index in [1.807, 2.05) is 49.0 Å². The van der Waals surface area contributed by atoms with Crippen LogP contribution in [-0.2, 0) is 7.05 Å². The number of aromatic nitrogens is 3. The molecule has 0 aliphatic heterocycles. The van der Waals surface area contributed by atoms with E-state index in [1.54, 1.807) is 6.07 Å². The molecular weight excluding hydrogens is 240 g/mol. The summed E-state index contributed by atoms with van der Waals surface area (Å²) < 4.78 is 1.94. The third-order valence-electron chi connectivity index (χ3n) is 3.09. The fourth-order valence-electron chi connectivity index (χ4n) is 2.19. The number of benzene rings is 1. The van der Waals surface area contributed by atoms with Crippen LogP contribution in [-0.4, -0.2) is 20.7 Å². The van der Waals surface area contributed by atoms with Crippen molar-refractivity contribution in [3.05, 3.63) is 47.8 Å². The number of hydrogen-bond acceptors (Lipinski definition) is 2. The highest BCUT2D eigenvalue weighted by Crippen LogP contribution is 2.21. The maximum Gasteiger partial charge on any atom is 0.259 e. The number of nitrogens with one attached hydrogen (secondary N) is 2. The zero-order chi connectivity index (χ0) is 13.4. The van der Waals surface area contributed by atoms with E-state index < -0.39 is 0 Å². The number of carbonyl (C=O) groups excluding carboxylic acids is 1. The van der Waals surface area contributed by atoms with Crippen molar-refractivity contribution in [2.24, 2.45) is 7.05 Å². The number of hydrogen-bond donors (Lipinski definition) is 2. The van der Waals surface area contributed by atoms with E-state index >= 15 is 0 Å². The van der Waals surface area contributed by atoms with Crippen molar-refractivity contribution in [3.63, 3.8) is 0 Å². The van der Waals surface area contributed by atoms with Crippen LogP contribution >= 0.6 is 0 Å². The average Bonchev–Trinajstić information content (AvgIpc) is 2.95. The summed E-state index contributed by atoms with van der Waals surface area (Å²) in [5.41, 5.74) is 2.60. The average molecular weight is 254 g/mol. The number of nitrogens with zero attached hydrogens (tertiary/aromatic N) is 2. The number of fused-ring (bicyclic) bond motifs is 1. The molecule has 2 heterocycles. The third-order valence-corrected chi connectivity index (χ3v) is 3.09. The lowest BCUT2D eigenvalue weighted by Crippen LogP contribution is -2.11.